The van der Waals surface area contributed by atoms with Crippen LogP contribution in [0.5, 0.6) is 0 Å². The molecule has 0 aromatic heterocycles. The first-order valence-corrected chi connectivity index (χ1v) is 5.43. The van der Waals surface area contributed by atoms with Crippen LogP contribution in [0.15, 0.2) is 0 Å². The van der Waals surface area contributed by atoms with Crippen molar-refractivity contribution in [2.24, 2.45) is 0 Å². The average Bonchev–Trinajstić information content (AvgIpc) is 2.66. The van der Waals surface area contributed by atoms with Crippen LogP contribution in [0.3, 0.4) is 0 Å². The molecule has 0 radical (unpaired) electrons. The topological polar surface area (TPSA) is 70.7 Å². The number of nitrogens with one attached hydrogen (secondary N) is 2. The van der Waals surface area contributed by atoms with Crippen LogP contribution < -0.4 is 10.6 Å². The Balaban J connectivity index is 2.35. The molecule has 0 saturated carbocycles. The van der Waals surface area contributed by atoms with Gasteiger partial charge in [0.2, 0.25) is 5.91 Å². The fraction of sp³-hybridized carbons (Fsp3) is 0.800. The standard InChI is InChI=1S/C10H19N3O3/c1-11-6-8-4-3-5-13(8)7-9(14)12-10(15)16-2/h8,11H,3-7H2,1-2H3,(H,12,14,15). The molecule has 1 aliphatic heterocycles. The van der Waals surface area contributed by atoms with Crippen LogP contribution in [0.4, 0.5) is 4.79 Å². The Hall–Kier alpha value is -1.14. The van der Waals surface area contributed by atoms with Gasteiger partial charge in [0.25, 0.3) is 0 Å². The number of methoxy groups -OCH3 is 1. The van der Waals surface area contributed by atoms with Crippen molar-refractivity contribution in [2.45, 2.75) is 18.9 Å². The molecular weight excluding hydrogens is 210 g/mol. The van der Waals surface area contributed by atoms with Crippen LogP contribution in [0.1, 0.15) is 12.8 Å². The number of nitrogens with zero attached hydrogens (tertiary/aromatic N) is 1. The number of imide groups is 1. The lowest BCUT2D eigenvalue weighted by atomic mass is 10.2. The molecule has 6 heteroatoms. The molecule has 92 valence electrons. The molecule has 1 unspecified atom stereocenters. The number of carbonyl (C=O) groups is 2. The summed E-state index contributed by atoms with van der Waals surface area (Å²) in [5.74, 6) is -0.310. The van der Waals surface area contributed by atoms with E-state index in [1.54, 1.807) is 0 Å². The molecule has 1 aliphatic rings. The number of hydrogen-bond acceptors (Lipinski definition) is 5. The number of likely N-dealkylation sites (N-methyl/N-ethyl adjacent to an activating group) is 1. The molecule has 2 amide bonds. The van der Waals surface area contributed by atoms with E-state index < -0.39 is 6.09 Å². The normalized spacial score (nSPS) is 20.8. The van der Waals surface area contributed by atoms with Crippen molar-refractivity contribution in [1.82, 2.24) is 15.5 Å². The molecule has 1 rings (SSSR count). The first kappa shape index (κ1) is 12.9. The van der Waals surface area contributed by atoms with E-state index in [0.29, 0.717) is 6.04 Å². The Labute approximate surface area is 95.3 Å². The number of carbonyl (C=O) groups excluding carboxylic acids is 2. The van der Waals surface area contributed by atoms with Gasteiger partial charge in [-0.15, -0.1) is 0 Å². The molecule has 1 heterocycles. The molecule has 1 fully saturated rings. The summed E-state index contributed by atoms with van der Waals surface area (Å²) in [5, 5.41) is 5.26. The maximum atomic E-state index is 11.4. The largest absolute Gasteiger partial charge is 0.453 e. The van der Waals surface area contributed by atoms with E-state index in [-0.39, 0.29) is 12.5 Å². The number of likely N-dealkylation sites (tertiary alicyclic amines) is 1. The number of alkyl carbamates (subject to hydrolysis) is 1. The predicted octanol–water partition coefficient (Wildman–Crippen LogP) is -0.447. The Morgan fingerprint density at radius 2 is 2.25 bits per heavy atom. The minimum Gasteiger partial charge on any atom is -0.453 e. The minimum absolute atomic E-state index is 0.251. The molecule has 0 aliphatic carbocycles. The second-order valence-electron chi connectivity index (χ2n) is 3.86. The van der Waals surface area contributed by atoms with E-state index in [2.05, 4.69) is 20.3 Å². The van der Waals surface area contributed by atoms with E-state index in [1.165, 1.54) is 7.11 Å². The van der Waals surface area contributed by atoms with Gasteiger partial charge in [0.15, 0.2) is 0 Å². The molecule has 1 saturated heterocycles. The van der Waals surface area contributed by atoms with E-state index in [4.69, 9.17) is 0 Å². The summed E-state index contributed by atoms with van der Waals surface area (Å²) < 4.78 is 4.36. The third-order valence-electron chi connectivity index (χ3n) is 2.71. The Morgan fingerprint density at radius 1 is 1.50 bits per heavy atom. The van der Waals surface area contributed by atoms with Crippen LogP contribution in [0, 0.1) is 0 Å². The van der Waals surface area contributed by atoms with Gasteiger partial charge >= 0.3 is 6.09 Å². The summed E-state index contributed by atoms with van der Waals surface area (Å²) in [6.45, 7) is 2.02. The van der Waals surface area contributed by atoms with Crippen molar-refractivity contribution < 1.29 is 14.3 Å². The zero-order chi connectivity index (χ0) is 12.0. The lowest BCUT2D eigenvalue weighted by Gasteiger charge is -2.23. The molecular formula is C10H19N3O3. The zero-order valence-corrected chi connectivity index (χ0v) is 9.78. The third kappa shape index (κ3) is 3.79. The molecule has 2 N–H and O–H groups in total. The Morgan fingerprint density at radius 3 is 2.88 bits per heavy atom. The van der Waals surface area contributed by atoms with Gasteiger partial charge in [-0.25, -0.2) is 4.79 Å². The van der Waals surface area contributed by atoms with Crippen molar-refractivity contribution in [3.8, 4) is 0 Å². The number of hydrogen-bond donors (Lipinski definition) is 2. The quantitative estimate of drug-likeness (QED) is 0.683. The van der Waals surface area contributed by atoms with Crippen molar-refractivity contribution in [2.75, 3.05) is 33.8 Å². The molecule has 0 spiro atoms. The summed E-state index contributed by atoms with van der Waals surface area (Å²) >= 11 is 0. The predicted molar refractivity (Wildman–Crippen MR) is 59.1 cm³/mol. The summed E-state index contributed by atoms with van der Waals surface area (Å²) in [4.78, 5) is 24.3. The average molecular weight is 229 g/mol. The van der Waals surface area contributed by atoms with Gasteiger partial charge in [-0.1, -0.05) is 0 Å². The van der Waals surface area contributed by atoms with E-state index in [9.17, 15) is 9.59 Å². The SMILES string of the molecule is CNCC1CCCN1CC(=O)NC(=O)OC. The number of amides is 2. The van der Waals surface area contributed by atoms with Crippen LogP contribution in [-0.2, 0) is 9.53 Å². The third-order valence-corrected chi connectivity index (χ3v) is 2.71. The molecule has 6 nitrogen and oxygen atoms in total. The second-order valence-corrected chi connectivity index (χ2v) is 3.86. The van der Waals surface area contributed by atoms with E-state index >= 15 is 0 Å². The highest BCUT2D eigenvalue weighted by Gasteiger charge is 2.25. The smallest absolute Gasteiger partial charge is 0.413 e. The zero-order valence-electron chi connectivity index (χ0n) is 9.78. The Kier molecular flexibility index (Phi) is 5.21. The molecule has 16 heavy (non-hydrogen) atoms. The fourth-order valence-electron chi connectivity index (χ4n) is 1.96. The van der Waals surface area contributed by atoms with Crippen LogP contribution in [0.2, 0.25) is 0 Å². The number of ether oxygens (including phenoxy) is 1. The van der Waals surface area contributed by atoms with E-state index in [1.807, 2.05) is 7.05 Å². The van der Waals surface area contributed by atoms with E-state index in [0.717, 1.165) is 25.9 Å². The van der Waals surface area contributed by atoms with Gasteiger partial charge in [0.05, 0.1) is 13.7 Å². The lowest BCUT2D eigenvalue weighted by Crippen LogP contribution is -2.44. The summed E-state index contributed by atoms with van der Waals surface area (Å²) in [7, 11) is 3.13. The van der Waals surface area contributed by atoms with Crippen LogP contribution in [0.25, 0.3) is 0 Å². The number of rotatable bonds is 4. The van der Waals surface area contributed by atoms with Gasteiger partial charge < -0.3 is 10.1 Å². The highest BCUT2D eigenvalue weighted by Crippen LogP contribution is 2.15. The minimum atomic E-state index is -0.700. The first-order chi connectivity index (χ1) is 7.67. The van der Waals surface area contributed by atoms with Gasteiger partial charge in [0, 0.05) is 12.6 Å². The maximum absolute atomic E-state index is 11.4. The van der Waals surface area contributed by atoms with Crippen molar-refractivity contribution in [3.63, 3.8) is 0 Å². The first-order valence-electron chi connectivity index (χ1n) is 5.43. The van der Waals surface area contributed by atoms with Crippen LogP contribution >= 0.6 is 0 Å². The second kappa shape index (κ2) is 6.44. The molecule has 0 aromatic rings. The monoisotopic (exact) mass is 229 g/mol. The molecule has 0 aromatic carbocycles. The molecule has 1 atom stereocenters. The van der Waals surface area contributed by atoms with Gasteiger partial charge in [-0.3, -0.25) is 15.0 Å². The highest BCUT2D eigenvalue weighted by atomic mass is 16.5. The highest BCUT2D eigenvalue weighted by molar-refractivity contribution is 5.92. The summed E-state index contributed by atoms with van der Waals surface area (Å²) in [5.41, 5.74) is 0. The van der Waals surface area contributed by atoms with Gasteiger partial charge in [-0.2, -0.15) is 0 Å². The van der Waals surface area contributed by atoms with Crippen molar-refractivity contribution in [1.29, 1.82) is 0 Å². The Bertz CT molecular complexity index is 258. The van der Waals surface area contributed by atoms with Crippen molar-refractivity contribution >= 4 is 12.0 Å². The summed E-state index contributed by atoms with van der Waals surface area (Å²) in [6.07, 6.45) is 1.49. The maximum Gasteiger partial charge on any atom is 0.413 e. The van der Waals surface area contributed by atoms with Gasteiger partial charge in [0.1, 0.15) is 0 Å². The lowest BCUT2D eigenvalue weighted by molar-refractivity contribution is -0.121. The fourth-order valence-corrected chi connectivity index (χ4v) is 1.96. The van der Waals surface area contributed by atoms with Crippen LogP contribution in [-0.4, -0.2) is 56.7 Å². The molecule has 0 bridgehead atoms. The van der Waals surface area contributed by atoms with Crippen molar-refractivity contribution in [3.05, 3.63) is 0 Å². The summed E-state index contributed by atoms with van der Waals surface area (Å²) in [6, 6.07) is 0.383. The van der Waals surface area contributed by atoms with Gasteiger partial charge in [-0.05, 0) is 26.4 Å².